The van der Waals surface area contributed by atoms with Crippen LogP contribution in [-0.2, 0) is 6.42 Å². The molecular formula is C10H7ClO2. The lowest BCUT2D eigenvalue weighted by Crippen LogP contribution is -1.93. The van der Waals surface area contributed by atoms with Crippen LogP contribution in [0.15, 0.2) is 12.1 Å². The van der Waals surface area contributed by atoms with Crippen molar-refractivity contribution in [1.82, 2.24) is 0 Å². The van der Waals surface area contributed by atoms with E-state index in [0.717, 1.165) is 5.56 Å². The van der Waals surface area contributed by atoms with Crippen LogP contribution >= 0.6 is 11.6 Å². The van der Waals surface area contributed by atoms with E-state index in [2.05, 4.69) is 5.92 Å². The van der Waals surface area contributed by atoms with Crippen LogP contribution in [0, 0.1) is 12.3 Å². The molecule has 0 bridgehead atoms. The topological polar surface area (TPSA) is 18.5 Å². The smallest absolute Gasteiger partial charge is 0.231 e. The number of hydrogen-bond acceptors (Lipinski definition) is 2. The van der Waals surface area contributed by atoms with E-state index >= 15 is 0 Å². The molecule has 0 radical (unpaired) electrons. The molecule has 0 amide bonds. The van der Waals surface area contributed by atoms with Crippen molar-refractivity contribution in [2.75, 3.05) is 6.79 Å². The van der Waals surface area contributed by atoms with E-state index < -0.39 is 0 Å². The van der Waals surface area contributed by atoms with Crippen LogP contribution in [0.1, 0.15) is 5.56 Å². The first kappa shape index (κ1) is 8.28. The number of ether oxygens (including phenoxy) is 2. The van der Waals surface area contributed by atoms with E-state index in [4.69, 9.17) is 27.5 Å². The maximum atomic E-state index is 5.94. The number of halogens is 1. The summed E-state index contributed by atoms with van der Waals surface area (Å²) < 4.78 is 10.3. The molecule has 1 heterocycles. The van der Waals surface area contributed by atoms with Crippen molar-refractivity contribution >= 4 is 11.6 Å². The zero-order chi connectivity index (χ0) is 9.26. The van der Waals surface area contributed by atoms with E-state index in [1.807, 2.05) is 6.07 Å². The van der Waals surface area contributed by atoms with Gasteiger partial charge in [-0.15, -0.1) is 12.3 Å². The van der Waals surface area contributed by atoms with Crippen LogP contribution in [0.3, 0.4) is 0 Å². The summed E-state index contributed by atoms with van der Waals surface area (Å²) in [7, 11) is 0. The molecule has 0 saturated heterocycles. The standard InChI is InChI=1S/C10H7ClO2/c1-2-3-7-4-8(11)10-9(5-7)12-6-13-10/h1,4-5H,3,6H2. The summed E-state index contributed by atoms with van der Waals surface area (Å²) in [5.74, 6) is 3.84. The van der Waals surface area contributed by atoms with Gasteiger partial charge < -0.3 is 9.47 Å². The van der Waals surface area contributed by atoms with Gasteiger partial charge in [-0.2, -0.15) is 0 Å². The fourth-order valence-corrected chi connectivity index (χ4v) is 1.53. The van der Waals surface area contributed by atoms with E-state index in [0.29, 0.717) is 22.9 Å². The Labute approximate surface area is 81.4 Å². The summed E-state index contributed by atoms with van der Waals surface area (Å²) in [5, 5.41) is 0.556. The first-order chi connectivity index (χ1) is 6.31. The Bertz CT molecular complexity index is 379. The van der Waals surface area contributed by atoms with E-state index in [9.17, 15) is 0 Å². The zero-order valence-electron chi connectivity index (χ0n) is 6.84. The summed E-state index contributed by atoms with van der Waals surface area (Å²) in [6.07, 6.45) is 5.74. The number of fused-ring (bicyclic) bond motifs is 1. The largest absolute Gasteiger partial charge is 0.454 e. The highest BCUT2D eigenvalue weighted by Gasteiger charge is 2.17. The molecule has 2 rings (SSSR count). The second-order valence-electron chi connectivity index (χ2n) is 2.69. The van der Waals surface area contributed by atoms with Crippen molar-refractivity contribution in [2.45, 2.75) is 6.42 Å². The third-order valence-corrected chi connectivity index (χ3v) is 2.07. The second-order valence-corrected chi connectivity index (χ2v) is 3.10. The molecule has 0 aliphatic carbocycles. The van der Waals surface area contributed by atoms with Gasteiger partial charge in [0.25, 0.3) is 0 Å². The molecule has 0 spiro atoms. The Balaban J connectivity index is 2.44. The molecule has 3 heteroatoms. The Morgan fingerprint density at radius 2 is 2.31 bits per heavy atom. The fraction of sp³-hybridized carbons (Fsp3) is 0.200. The number of rotatable bonds is 1. The molecule has 0 N–H and O–H groups in total. The first-order valence-electron chi connectivity index (χ1n) is 3.83. The monoisotopic (exact) mass is 194 g/mol. The SMILES string of the molecule is C#CCc1cc(Cl)c2c(c1)OCO2. The third kappa shape index (κ3) is 1.43. The van der Waals surface area contributed by atoms with Gasteiger partial charge in [0.1, 0.15) is 0 Å². The van der Waals surface area contributed by atoms with Crippen LogP contribution in [0.2, 0.25) is 5.02 Å². The molecular weight excluding hydrogens is 188 g/mol. The maximum absolute atomic E-state index is 5.94. The Morgan fingerprint density at radius 3 is 3.08 bits per heavy atom. The molecule has 0 unspecified atom stereocenters. The normalized spacial score (nSPS) is 12.6. The van der Waals surface area contributed by atoms with Crippen molar-refractivity contribution in [3.63, 3.8) is 0 Å². The molecule has 0 aromatic heterocycles. The lowest BCUT2D eigenvalue weighted by molar-refractivity contribution is 0.174. The summed E-state index contributed by atoms with van der Waals surface area (Å²) in [6.45, 7) is 0.231. The van der Waals surface area contributed by atoms with E-state index in [-0.39, 0.29) is 6.79 Å². The summed E-state index contributed by atoms with van der Waals surface area (Å²) in [6, 6.07) is 3.66. The average molecular weight is 195 g/mol. The predicted molar refractivity (Wildman–Crippen MR) is 50.1 cm³/mol. The number of hydrogen-bond donors (Lipinski definition) is 0. The van der Waals surface area contributed by atoms with E-state index in [1.54, 1.807) is 6.07 Å². The van der Waals surface area contributed by atoms with Crippen molar-refractivity contribution in [1.29, 1.82) is 0 Å². The predicted octanol–water partition coefficient (Wildman–Crippen LogP) is 2.24. The van der Waals surface area contributed by atoms with Gasteiger partial charge in [-0.3, -0.25) is 0 Å². The minimum atomic E-state index is 0.231. The van der Waals surface area contributed by atoms with Gasteiger partial charge in [-0.05, 0) is 17.7 Å². The van der Waals surface area contributed by atoms with Crippen molar-refractivity contribution < 1.29 is 9.47 Å². The molecule has 1 aliphatic heterocycles. The Kier molecular flexibility index (Phi) is 2.03. The molecule has 0 saturated carbocycles. The summed E-state index contributed by atoms with van der Waals surface area (Å²) in [5.41, 5.74) is 0.969. The van der Waals surface area contributed by atoms with Gasteiger partial charge in [-0.1, -0.05) is 11.6 Å². The average Bonchev–Trinajstić information content (AvgIpc) is 2.53. The minimum absolute atomic E-state index is 0.231. The Morgan fingerprint density at radius 1 is 1.46 bits per heavy atom. The molecule has 2 nitrogen and oxygen atoms in total. The lowest BCUT2D eigenvalue weighted by Gasteiger charge is -2.01. The summed E-state index contributed by atoms with van der Waals surface area (Å²) in [4.78, 5) is 0. The molecule has 1 aliphatic rings. The van der Waals surface area contributed by atoms with Gasteiger partial charge in [0.15, 0.2) is 11.5 Å². The van der Waals surface area contributed by atoms with Gasteiger partial charge in [0.2, 0.25) is 6.79 Å². The van der Waals surface area contributed by atoms with Gasteiger partial charge >= 0.3 is 0 Å². The quantitative estimate of drug-likeness (QED) is 0.639. The van der Waals surface area contributed by atoms with Crippen LogP contribution in [0.5, 0.6) is 11.5 Å². The maximum Gasteiger partial charge on any atom is 0.231 e. The van der Waals surface area contributed by atoms with Crippen molar-refractivity contribution in [2.24, 2.45) is 0 Å². The lowest BCUT2D eigenvalue weighted by atomic mass is 10.1. The highest BCUT2D eigenvalue weighted by molar-refractivity contribution is 6.32. The second kappa shape index (κ2) is 3.20. The zero-order valence-corrected chi connectivity index (χ0v) is 7.60. The number of terminal acetylenes is 1. The molecule has 13 heavy (non-hydrogen) atoms. The summed E-state index contributed by atoms with van der Waals surface area (Å²) >= 11 is 5.94. The third-order valence-electron chi connectivity index (χ3n) is 1.79. The van der Waals surface area contributed by atoms with Crippen LogP contribution in [0.25, 0.3) is 0 Å². The van der Waals surface area contributed by atoms with Crippen LogP contribution in [-0.4, -0.2) is 6.79 Å². The number of benzene rings is 1. The molecule has 0 atom stereocenters. The first-order valence-corrected chi connectivity index (χ1v) is 4.20. The van der Waals surface area contributed by atoms with Gasteiger partial charge in [-0.25, -0.2) is 0 Å². The van der Waals surface area contributed by atoms with E-state index in [1.165, 1.54) is 0 Å². The molecule has 1 aromatic rings. The van der Waals surface area contributed by atoms with Crippen molar-refractivity contribution in [3.8, 4) is 23.8 Å². The van der Waals surface area contributed by atoms with Gasteiger partial charge in [0, 0.05) is 6.42 Å². The fourth-order valence-electron chi connectivity index (χ4n) is 1.24. The molecule has 0 fully saturated rings. The van der Waals surface area contributed by atoms with Crippen molar-refractivity contribution in [3.05, 3.63) is 22.7 Å². The molecule has 1 aromatic carbocycles. The highest BCUT2D eigenvalue weighted by atomic mass is 35.5. The van der Waals surface area contributed by atoms with Crippen LogP contribution < -0.4 is 9.47 Å². The minimum Gasteiger partial charge on any atom is -0.454 e. The van der Waals surface area contributed by atoms with Gasteiger partial charge in [0.05, 0.1) is 5.02 Å². The van der Waals surface area contributed by atoms with Crippen LogP contribution in [0.4, 0.5) is 0 Å². The Hall–Kier alpha value is -1.33. The molecule has 66 valence electrons. The highest BCUT2D eigenvalue weighted by Crippen LogP contribution is 2.39.